The van der Waals surface area contributed by atoms with Gasteiger partial charge in [0.05, 0.1) is 7.11 Å². The second-order valence-corrected chi connectivity index (χ2v) is 12.3. The van der Waals surface area contributed by atoms with Crippen LogP contribution in [0.3, 0.4) is 0 Å². The lowest BCUT2D eigenvalue weighted by Gasteiger charge is -2.43. The van der Waals surface area contributed by atoms with Crippen LogP contribution >= 0.6 is 0 Å². The van der Waals surface area contributed by atoms with Gasteiger partial charge >= 0.3 is 0 Å². The van der Waals surface area contributed by atoms with Gasteiger partial charge < -0.3 is 14.1 Å². The Hall–Kier alpha value is -1.82. The highest BCUT2D eigenvalue weighted by atomic mass is 28.3. The van der Waals surface area contributed by atoms with E-state index in [1.165, 1.54) is 0 Å². The third-order valence-electron chi connectivity index (χ3n) is 4.78. The van der Waals surface area contributed by atoms with Gasteiger partial charge in [-0.15, -0.1) is 0 Å². The topological polar surface area (TPSA) is 51.1 Å². The van der Waals surface area contributed by atoms with Crippen molar-refractivity contribution in [1.82, 2.24) is 0 Å². The van der Waals surface area contributed by atoms with E-state index in [0.29, 0.717) is 18.1 Å². The van der Waals surface area contributed by atoms with Gasteiger partial charge in [0.15, 0.2) is 13.9 Å². The molecule has 0 aromatic heterocycles. The summed E-state index contributed by atoms with van der Waals surface area (Å²) in [6.45, 7) is 13.3. The summed E-state index contributed by atoms with van der Waals surface area (Å²) in [6.07, 6.45) is 0. The lowest BCUT2D eigenvalue weighted by molar-refractivity contribution is -0.111. The molecule has 23 heavy (non-hydrogen) atoms. The minimum atomic E-state index is -2.09. The molecule has 0 atom stereocenters. The quantitative estimate of drug-likeness (QED) is 0.622. The molecular formula is C17H26N2O3Si. The van der Waals surface area contributed by atoms with Crippen LogP contribution in [0.15, 0.2) is 23.4 Å². The molecule has 1 aliphatic rings. The van der Waals surface area contributed by atoms with Crippen LogP contribution in [0.4, 0.5) is 5.69 Å². The summed E-state index contributed by atoms with van der Waals surface area (Å²) < 4.78 is 7.26. The second-order valence-electron chi connectivity index (χ2n) is 7.19. The number of methoxy groups -OCH3 is 1. The maximum absolute atomic E-state index is 13.1. The Morgan fingerprint density at radius 2 is 1.91 bits per heavy atom. The van der Waals surface area contributed by atoms with E-state index in [4.69, 9.17) is 9.57 Å². The number of oxime groups is 1. The molecular weight excluding hydrogens is 308 g/mol. The first-order valence-corrected chi connectivity index (χ1v) is 10.8. The molecule has 0 radical (unpaired) electrons. The van der Waals surface area contributed by atoms with Gasteiger partial charge in [-0.3, -0.25) is 4.79 Å². The molecule has 2 rings (SSSR count). The molecule has 1 aromatic carbocycles. The van der Waals surface area contributed by atoms with Crippen molar-refractivity contribution in [2.75, 3.05) is 18.3 Å². The predicted octanol–water partition coefficient (Wildman–Crippen LogP) is 3.79. The van der Waals surface area contributed by atoms with Crippen molar-refractivity contribution in [3.63, 3.8) is 0 Å². The maximum Gasteiger partial charge on any atom is 0.273 e. The number of carbonyl (C=O) groups excluding carboxylic acids is 1. The number of ether oxygens (including phenoxy) is 1. The Kier molecular flexibility index (Phi) is 4.57. The highest BCUT2D eigenvalue weighted by Crippen LogP contribution is 2.45. The summed E-state index contributed by atoms with van der Waals surface area (Å²) >= 11 is 0. The summed E-state index contributed by atoms with van der Waals surface area (Å²) in [5.41, 5.74) is 2.05. The van der Waals surface area contributed by atoms with Gasteiger partial charge in [0.25, 0.3) is 5.91 Å². The second kappa shape index (κ2) is 6.00. The molecule has 1 heterocycles. The third-order valence-corrected chi connectivity index (χ3v) is 10.0. The number of carbonyl (C=O) groups is 1. The first kappa shape index (κ1) is 17.5. The van der Waals surface area contributed by atoms with Crippen molar-refractivity contribution in [1.29, 1.82) is 0 Å². The predicted molar refractivity (Wildman–Crippen MR) is 95.8 cm³/mol. The summed E-state index contributed by atoms with van der Waals surface area (Å²) in [5.74, 6) is 0.631. The average molecular weight is 334 g/mol. The normalized spacial score (nSPS) is 16.7. The first-order valence-electron chi connectivity index (χ1n) is 7.88. The van der Waals surface area contributed by atoms with Gasteiger partial charge in [0.2, 0.25) is 0 Å². The molecule has 1 aliphatic heterocycles. The number of hydrogen-bond donors (Lipinski definition) is 0. The zero-order valence-electron chi connectivity index (χ0n) is 15.1. The standard InChI is InChI=1S/C17H26N2O3Si/c1-8-22-18-15-13-11-12(21-5)9-10-14(13)19(16(15)20)23(6,7)17(2,3)4/h9-11H,8H2,1-7H3/b18-15+. The fraction of sp³-hybridized carbons (Fsp3) is 0.529. The fourth-order valence-corrected chi connectivity index (χ4v) is 4.55. The lowest BCUT2D eigenvalue weighted by atomic mass is 10.1. The molecule has 0 saturated heterocycles. The van der Waals surface area contributed by atoms with E-state index in [2.05, 4.69) is 39.0 Å². The number of hydrogen-bond acceptors (Lipinski definition) is 4. The van der Waals surface area contributed by atoms with Crippen LogP contribution in [0.5, 0.6) is 5.75 Å². The van der Waals surface area contributed by atoms with Crippen LogP contribution in [0.1, 0.15) is 33.3 Å². The number of amides is 1. The van der Waals surface area contributed by atoms with Crippen LogP contribution in [0, 0.1) is 0 Å². The van der Waals surface area contributed by atoms with Gasteiger partial charge in [-0.2, -0.15) is 0 Å². The zero-order chi connectivity index (χ0) is 17.4. The van der Waals surface area contributed by atoms with E-state index in [1.54, 1.807) is 7.11 Å². The minimum Gasteiger partial charge on any atom is -0.497 e. The van der Waals surface area contributed by atoms with E-state index < -0.39 is 8.24 Å². The fourth-order valence-electron chi connectivity index (χ4n) is 2.47. The molecule has 0 bridgehead atoms. The van der Waals surface area contributed by atoms with Crippen LogP contribution < -0.4 is 9.30 Å². The highest BCUT2D eigenvalue weighted by molar-refractivity contribution is 6.90. The van der Waals surface area contributed by atoms with Crippen molar-refractivity contribution in [3.05, 3.63) is 23.8 Å². The van der Waals surface area contributed by atoms with Crippen LogP contribution in [0.25, 0.3) is 0 Å². The number of rotatable bonds is 4. The number of anilines is 1. The Bertz CT molecular complexity index is 648. The summed E-state index contributed by atoms with van der Waals surface area (Å²) in [7, 11) is -0.474. The van der Waals surface area contributed by atoms with Crippen molar-refractivity contribution in [2.45, 2.75) is 45.8 Å². The third kappa shape index (κ3) is 2.87. The van der Waals surface area contributed by atoms with Gasteiger partial charge in [-0.1, -0.05) is 39.0 Å². The highest BCUT2D eigenvalue weighted by Gasteiger charge is 2.50. The molecule has 0 aliphatic carbocycles. The van der Waals surface area contributed by atoms with Crippen molar-refractivity contribution >= 4 is 25.5 Å². The summed E-state index contributed by atoms with van der Waals surface area (Å²) in [5, 5.41) is 4.11. The zero-order valence-corrected chi connectivity index (χ0v) is 16.1. The minimum absolute atomic E-state index is 0.0287. The Labute approximate surface area is 139 Å². The molecule has 0 spiro atoms. The van der Waals surface area contributed by atoms with Crippen LogP contribution in [0.2, 0.25) is 18.1 Å². The van der Waals surface area contributed by atoms with E-state index >= 15 is 0 Å². The average Bonchev–Trinajstić information content (AvgIpc) is 2.75. The molecule has 0 N–H and O–H groups in total. The summed E-state index contributed by atoms with van der Waals surface area (Å²) in [4.78, 5) is 18.3. The smallest absolute Gasteiger partial charge is 0.273 e. The lowest BCUT2D eigenvalue weighted by Crippen LogP contribution is -2.57. The maximum atomic E-state index is 13.1. The van der Waals surface area contributed by atoms with Gasteiger partial charge in [0.1, 0.15) is 12.4 Å². The van der Waals surface area contributed by atoms with E-state index in [1.807, 2.05) is 29.7 Å². The Morgan fingerprint density at radius 3 is 2.43 bits per heavy atom. The van der Waals surface area contributed by atoms with E-state index in [-0.39, 0.29) is 10.9 Å². The van der Waals surface area contributed by atoms with Gasteiger partial charge in [-0.25, -0.2) is 0 Å². The number of benzene rings is 1. The molecule has 1 amide bonds. The largest absolute Gasteiger partial charge is 0.497 e. The van der Waals surface area contributed by atoms with Crippen molar-refractivity contribution < 1.29 is 14.4 Å². The van der Waals surface area contributed by atoms with Gasteiger partial charge in [0, 0.05) is 11.3 Å². The Balaban J connectivity index is 2.63. The summed E-state index contributed by atoms with van der Waals surface area (Å²) in [6, 6.07) is 5.69. The van der Waals surface area contributed by atoms with Gasteiger partial charge in [-0.05, 0) is 30.2 Å². The number of nitrogens with zero attached hydrogens (tertiary/aromatic N) is 2. The molecule has 0 unspecified atom stereocenters. The molecule has 5 nitrogen and oxygen atoms in total. The molecule has 126 valence electrons. The van der Waals surface area contributed by atoms with E-state index in [9.17, 15) is 4.79 Å². The van der Waals surface area contributed by atoms with Crippen molar-refractivity contribution in [3.8, 4) is 5.75 Å². The number of fused-ring (bicyclic) bond motifs is 1. The molecule has 6 heteroatoms. The molecule has 0 saturated carbocycles. The van der Waals surface area contributed by atoms with Crippen LogP contribution in [-0.4, -0.2) is 33.6 Å². The SMILES string of the molecule is CCO/N=C1/C(=O)N([Si](C)(C)C(C)(C)C)c2ccc(OC)cc21. The molecule has 1 aromatic rings. The first-order chi connectivity index (χ1) is 10.6. The van der Waals surface area contributed by atoms with Crippen molar-refractivity contribution in [2.24, 2.45) is 5.16 Å². The monoisotopic (exact) mass is 334 g/mol. The Morgan fingerprint density at radius 1 is 1.26 bits per heavy atom. The van der Waals surface area contributed by atoms with E-state index in [0.717, 1.165) is 11.3 Å². The van der Waals surface area contributed by atoms with Crippen LogP contribution in [-0.2, 0) is 9.63 Å². The molecule has 0 fully saturated rings.